The van der Waals surface area contributed by atoms with Crippen LogP contribution in [0.4, 0.5) is 13.2 Å². The molecule has 0 fully saturated rings. The van der Waals surface area contributed by atoms with Crippen molar-refractivity contribution in [3.05, 3.63) is 89.6 Å². The zero-order chi connectivity index (χ0) is 30.3. The van der Waals surface area contributed by atoms with E-state index in [2.05, 4.69) is 14.7 Å². The van der Waals surface area contributed by atoms with E-state index in [0.29, 0.717) is 45.5 Å². The van der Waals surface area contributed by atoms with Crippen molar-refractivity contribution in [2.24, 2.45) is 0 Å². The van der Waals surface area contributed by atoms with Crippen LogP contribution in [0.25, 0.3) is 39.4 Å². The molecule has 0 amide bonds. The van der Waals surface area contributed by atoms with E-state index >= 15 is 4.39 Å². The zero-order valence-corrected chi connectivity index (χ0v) is 23.8. The van der Waals surface area contributed by atoms with E-state index < -0.39 is 28.9 Å². The van der Waals surface area contributed by atoms with Gasteiger partial charge in [-0.3, -0.25) is 0 Å². The van der Waals surface area contributed by atoms with Gasteiger partial charge in [0, 0.05) is 36.1 Å². The topological polar surface area (TPSA) is 107 Å². The van der Waals surface area contributed by atoms with Crippen molar-refractivity contribution in [1.82, 2.24) is 14.5 Å². The molecule has 2 heterocycles. The van der Waals surface area contributed by atoms with Gasteiger partial charge in [-0.2, -0.15) is 8.78 Å². The second kappa shape index (κ2) is 11.1. The molecule has 0 unspecified atom stereocenters. The molecule has 0 saturated heterocycles. The summed E-state index contributed by atoms with van der Waals surface area (Å²) in [6, 6.07) is 13.6. The Morgan fingerprint density at radius 1 is 0.976 bits per heavy atom. The Balaban J connectivity index is 1.74. The molecule has 218 valence electrons. The van der Waals surface area contributed by atoms with Crippen LogP contribution in [0.1, 0.15) is 23.0 Å². The van der Waals surface area contributed by atoms with Crippen molar-refractivity contribution in [2.75, 3.05) is 6.26 Å². The number of aliphatic hydroxyl groups is 1. The van der Waals surface area contributed by atoms with Gasteiger partial charge in [-0.1, -0.05) is 6.07 Å². The van der Waals surface area contributed by atoms with E-state index in [1.807, 2.05) is 24.6 Å². The maximum absolute atomic E-state index is 15.0. The van der Waals surface area contributed by atoms with E-state index in [0.717, 1.165) is 11.9 Å². The van der Waals surface area contributed by atoms with Crippen molar-refractivity contribution >= 4 is 9.84 Å². The Morgan fingerprint density at radius 2 is 1.67 bits per heavy atom. The van der Waals surface area contributed by atoms with Gasteiger partial charge in [-0.25, -0.2) is 22.8 Å². The summed E-state index contributed by atoms with van der Waals surface area (Å²) in [5.74, 6) is 0.498. The predicted octanol–water partition coefficient (Wildman–Crippen LogP) is 6.42. The normalized spacial score (nSPS) is 11.8. The van der Waals surface area contributed by atoms with E-state index in [4.69, 9.17) is 4.42 Å². The van der Waals surface area contributed by atoms with Gasteiger partial charge in [-0.15, -0.1) is 0 Å². The van der Waals surface area contributed by atoms with Gasteiger partial charge in [0.15, 0.2) is 21.5 Å². The molecule has 0 radical (unpaired) electrons. The number of hydrogen-bond acceptors (Lipinski definition) is 7. The summed E-state index contributed by atoms with van der Waals surface area (Å²) in [5, 5.41) is 9.63. The number of oxazole rings is 1. The number of alkyl halides is 2. The standard InChI is InChI=1S/C30H26F3N3O5S/c1-16-14-36(17(2)34-16)26-10-7-20(21-12-25(31)24(15-37)27(13-21)42(4,38)39)11-23(26)28-29(40-18(3)35-28)19-5-8-22(9-6-19)41-30(32)33/h5-14,30,37H,15H2,1-4H3. The Labute approximate surface area is 240 Å². The molecule has 8 nitrogen and oxygen atoms in total. The number of aryl methyl sites for hydroxylation is 3. The highest BCUT2D eigenvalue weighted by Gasteiger charge is 2.23. The molecule has 2 aromatic heterocycles. The fourth-order valence-corrected chi connectivity index (χ4v) is 5.78. The molecule has 3 aromatic carbocycles. The lowest BCUT2D eigenvalue weighted by Crippen LogP contribution is -2.06. The molecule has 5 aromatic rings. The fourth-order valence-electron chi connectivity index (χ4n) is 4.83. The fraction of sp³-hybridized carbons (Fsp3) is 0.200. The van der Waals surface area contributed by atoms with Gasteiger partial charge in [0.2, 0.25) is 0 Å². The number of halogens is 3. The van der Waals surface area contributed by atoms with Gasteiger partial charge in [0.05, 0.1) is 22.9 Å². The average molecular weight is 598 g/mol. The largest absolute Gasteiger partial charge is 0.440 e. The molecule has 1 N–H and O–H groups in total. The lowest BCUT2D eigenvalue weighted by molar-refractivity contribution is -0.0498. The SMILES string of the molecule is Cc1cn(-c2ccc(-c3cc(F)c(CO)c(S(C)(=O)=O)c3)cc2-c2nc(C)oc2-c2ccc(OC(F)F)cc2)c(C)n1. The van der Waals surface area contributed by atoms with Crippen molar-refractivity contribution in [2.45, 2.75) is 38.9 Å². The Kier molecular flexibility index (Phi) is 7.69. The summed E-state index contributed by atoms with van der Waals surface area (Å²) in [6.45, 7) is 1.61. The first-order valence-corrected chi connectivity index (χ1v) is 14.6. The predicted molar refractivity (Wildman–Crippen MR) is 150 cm³/mol. The number of ether oxygens (including phenoxy) is 1. The maximum atomic E-state index is 15.0. The zero-order valence-electron chi connectivity index (χ0n) is 23.0. The number of imidazole rings is 1. The number of benzene rings is 3. The minimum atomic E-state index is -3.86. The van der Waals surface area contributed by atoms with E-state index in [-0.39, 0.29) is 21.8 Å². The summed E-state index contributed by atoms with van der Waals surface area (Å²) in [7, 11) is -3.86. The molecule has 5 rings (SSSR count). The monoisotopic (exact) mass is 597 g/mol. The minimum Gasteiger partial charge on any atom is -0.440 e. The van der Waals surface area contributed by atoms with Crippen LogP contribution in [0.5, 0.6) is 5.75 Å². The third-order valence-electron chi connectivity index (χ3n) is 6.64. The van der Waals surface area contributed by atoms with Crippen molar-refractivity contribution in [3.63, 3.8) is 0 Å². The Bertz CT molecular complexity index is 1900. The quantitative estimate of drug-likeness (QED) is 0.220. The summed E-state index contributed by atoms with van der Waals surface area (Å²) in [5.41, 5.74) is 3.38. The molecule has 0 saturated carbocycles. The highest BCUT2D eigenvalue weighted by molar-refractivity contribution is 7.90. The average Bonchev–Trinajstić information content (AvgIpc) is 3.48. The highest BCUT2D eigenvalue weighted by Crippen LogP contribution is 2.39. The molecule has 0 aliphatic carbocycles. The molecule has 42 heavy (non-hydrogen) atoms. The van der Waals surface area contributed by atoms with Crippen LogP contribution in [-0.4, -0.2) is 40.9 Å². The van der Waals surface area contributed by atoms with Crippen LogP contribution in [0.2, 0.25) is 0 Å². The smallest absolute Gasteiger partial charge is 0.387 e. The summed E-state index contributed by atoms with van der Waals surface area (Å²) in [4.78, 5) is 8.82. The molecule has 0 spiro atoms. The number of sulfone groups is 1. The maximum Gasteiger partial charge on any atom is 0.387 e. The molecule has 0 bridgehead atoms. The number of aromatic nitrogens is 3. The van der Waals surface area contributed by atoms with Crippen molar-refractivity contribution < 1.29 is 35.8 Å². The third kappa shape index (κ3) is 5.68. The molecular weight excluding hydrogens is 571 g/mol. The molecule has 0 aliphatic heterocycles. The molecule has 0 atom stereocenters. The Hall–Kier alpha value is -4.42. The van der Waals surface area contributed by atoms with Crippen molar-refractivity contribution in [3.8, 4) is 45.1 Å². The van der Waals surface area contributed by atoms with Gasteiger partial charge < -0.3 is 18.8 Å². The van der Waals surface area contributed by atoms with Gasteiger partial charge in [0.25, 0.3) is 0 Å². The van der Waals surface area contributed by atoms with Crippen LogP contribution < -0.4 is 4.74 Å². The van der Waals surface area contributed by atoms with E-state index in [9.17, 15) is 22.3 Å². The highest BCUT2D eigenvalue weighted by atomic mass is 32.2. The minimum absolute atomic E-state index is 0.0197. The second-order valence-electron chi connectivity index (χ2n) is 9.71. The molecule has 0 aliphatic rings. The van der Waals surface area contributed by atoms with E-state index in [1.54, 1.807) is 37.3 Å². The van der Waals surface area contributed by atoms with Crippen LogP contribution in [0.15, 0.2) is 70.1 Å². The lowest BCUT2D eigenvalue weighted by Gasteiger charge is -2.15. The third-order valence-corrected chi connectivity index (χ3v) is 7.80. The van der Waals surface area contributed by atoms with Crippen LogP contribution in [0, 0.1) is 26.6 Å². The Morgan fingerprint density at radius 3 is 2.26 bits per heavy atom. The summed E-state index contributed by atoms with van der Waals surface area (Å²) >= 11 is 0. The first-order valence-electron chi connectivity index (χ1n) is 12.7. The molecule has 12 heteroatoms. The van der Waals surface area contributed by atoms with E-state index in [1.165, 1.54) is 24.3 Å². The van der Waals surface area contributed by atoms with Gasteiger partial charge >= 0.3 is 6.61 Å². The first-order chi connectivity index (χ1) is 19.8. The van der Waals surface area contributed by atoms with Crippen LogP contribution in [0.3, 0.4) is 0 Å². The number of aliphatic hydroxyl groups excluding tert-OH is 1. The number of hydrogen-bond donors (Lipinski definition) is 1. The van der Waals surface area contributed by atoms with Crippen LogP contribution in [-0.2, 0) is 16.4 Å². The second-order valence-corrected chi connectivity index (χ2v) is 11.7. The number of rotatable bonds is 8. The van der Waals surface area contributed by atoms with Crippen LogP contribution >= 0.6 is 0 Å². The molecular formula is C30H26F3N3O5S. The van der Waals surface area contributed by atoms with Crippen molar-refractivity contribution in [1.29, 1.82) is 0 Å². The summed E-state index contributed by atoms with van der Waals surface area (Å²) < 4.78 is 77.6. The number of nitrogens with zero attached hydrogens (tertiary/aromatic N) is 3. The van der Waals surface area contributed by atoms with Gasteiger partial charge in [-0.05, 0) is 73.5 Å². The lowest BCUT2D eigenvalue weighted by atomic mass is 9.97. The first kappa shape index (κ1) is 29.1. The van der Waals surface area contributed by atoms with Gasteiger partial charge in [0.1, 0.15) is 23.1 Å². The summed E-state index contributed by atoms with van der Waals surface area (Å²) in [6.07, 6.45) is 2.79.